The third-order valence-corrected chi connectivity index (χ3v) is 4.84. The number of amides is 1. The minimum absolute atomic E-state index is 0.0364. The minimum Gasteiger partial charge on any atom is -0.493 e. The molecule has 0 spiro atoms. The zero-order chi connectivity index (χ0) is 21.3. The van der Waals surface area contributed by atoms with Crippen LogP contribution in [0.2, 0.25) is 5.02 Å². The van der Waals surface area contributed by atoms with Crippen molar-refractivity contribution in [1.29, 1.82) is 0 Å². The Hall–Kier alpha value is -2.77. The quantitative estimate of drug-likeness (QED) is 0.610. The van der Waals surface area contributed by atoms with Crippen molar-refractivity contribution in [2.75, 3.05) is 26.9 Å². The van der Waals surface area contributed by atoms with Crippen molar-refractivity contribution in [3.63, 3.8) is 0 Å². The van der Waals surface area contributed by atoms with Crippen LogP contribution in [0.15, 0.2) is 42.5 Å². The lowest BCUT2D eigenvalue weighted by atomic mass is 10.2. The van der Waals surface area contributed by atoms with E-state index in [0.717, 1.165) is 25.0 Å². The summed E-state index contributed by atoms with van der Waals surface area (Å²) in [6.07, 6.45) is 1.96. The van der Waals surface area contributed by atoms with Gasteiger partial charge in [0.05, 0.1) is 18.8 Å². The van der Waals surface area contributed by atoms with Crippen molar-refractivity contribution in [1.82, 2.24) is 5.32 Å². The summed E-state index contributed by atoms with van der Waals surface area (Å²) in [4.78, 5) is 24.1. The first-order valence-corrected chi connectivity index (χ1v) is 10.0. The second-order valence-corrected chi connectivity index (χ2v) is 7.23. The number of esters is 1. The molecule has 1 aliphatic rings. The van der Waals surface area contributed by atoms with Crippen LogP contribution in [0.5, 0.6) is 11.5 Å². The maximum Gasteiger partial charge on any atom is 0.338 e. The van der Waals surface area contributed by atoms with Crippen LogP contribution in [-0.2, 0) is 20.9 Å². The first kappa shape index (κ1) is 21.9. The van der Waals surface area contributed by atoms with E-state index in [-0.39, 0.29) is 24.2 Å². The fraction of sp³-hybridized carbons (Fsp3) is 0.364. The van der Waals surface area contributed by atoms with Crippen LogP contribution in [0, 0.1) is 0 Å². The van der Waals surface area contributed by atoms with Crippen LogP contribution < -0.4 is 14.8 Å². The molecule has 2 aromatic rings. The molecule has 1 aliphatic heterocycles. The van der Waals surface area contributed by atoms with Gasteiger partial charge in [-0.1, -0.05) is 23.7 Å². The lowest BCUT2D eigenvalue weighted by Gasteiger charge is -2.13. The second kappa shape index (κ2) is 10.8. The van der Waals surface area contributed by atoms with Gasteiger partial charge in [0.1, 0.15) is 6.61 Å². The third-order valence-electron chi connectivity index (χ3n) is 4.59. The highest BCUT2D eigenvalue weighted by Gasteiger charge is 2.17. The molecule has 1 saturated heterocycles. The van der Waals surface area contributed by atoms with Crippen molar-refractivity contribution in [2.24, 2.45) is 0 Å². The Morgan fingerprint density at radius 1 is 1.17 bits per heavy atom. The molecule has 0 aliphatic carbocycles. The number of methoxy groups -OCH3 is 1. The van der Waals surface area contributed by atoms with Crippen LogP contribution in [-0.4, -0.2) is 44.8 Å². The molecule has 8 heteroatoms. The number of hydrogen-bond donors (Lipinski definition) is 1. The van der Waals surface area contributed by atoms with Crippen LogP contribution in [0.1, 0.15) is 28.8 Å². The van der Waals surface area contributed by atoms with Gasteiger partial charge in [0.15, 0.2) is 18.1 Å². The summed E-state index contributed by atoms with van der Waals surface area (Å²) in [6.45, 7) is 1.10. The summed E-state index contributed by atoms with van der Waals surface area (Å²) in [7, 11) is 1.48. The van der Waals surface area contributed by atoms with Gasteiger partial charge in [0, 0.05) is 18.2 Å². The highest BCUT2D eigenvalue weighted by Crippen LogP contribution is 2.29. The van der Waals surface area contributed by atoms with E-state index in [1.807, 2.05) is 12.1 Å². The Labute approximate surface area is 180 Å². The second-order valence-electron chi connectivity index (χ2n) is 6.80. The maximum atomic E-state index is 12.3. The average molecular weight is 434 g/mol. The average Bonchev–Trinajstić information content (AvgIpc) is 3.29. The summed E-state index contributed by atoms with van der Waals surface area (Å²) >= 11 is 5.88. The van der Waals surface area contributed by atoms with Crippen molar-refractivity contribution < 1.29 is 28.5 Å². The fourth-order valence-corrected chi connectivity index (χ4v) is 3.08. The number of nitrogens with one attached hydrogen (secondary N) is 1. The van der Waals surface area contributed by atoms with E-state index in [0.29, 0.717) is 29.7 Å². The molecule has 3 rings (SSSR count). The summed E-state index contributed by atoms with van der Waals surface area (Å²) in [6, 6.07) is 12.0. The van der Waals surface area contributed by atoms with Crippen molar-refractivity contribution in [2.45, 2.75) is 25.6 Å². The molecule has 1 N–H and O–H groups in total. The fourth-order valence-electron chi connectivity index (χ4n) is 2.95. The molecule has 0 unspecified atom stereocenters. The van der Waals surface area contributed by atoms with Gasteiger partial charge in [-0.2, -0.15) is 0 Å². The molecule has 1 amide bonds. The van der Waals surface area contributed by atoms with Gasteiger partial charge >= 0.3 is 5.97 Å². The molecule has 1 heterocycles. The number of benzene rings is 2. The van der Waals surface area contributed by atoms with E-state index in [2.05, 4.69) is 5.32 Å². The Morgan fingerprint density at radius 2 is 1.97 bits per heavy atom. The number of halogens is 1. The monoisotopic (exact) mass is 433 g/mol. The zero-order valence-corrected chi connectivity index (χ0v) is 17.4. The van der Waals surface area contributed by atoms with E-state index in [9.17, 15) is 9.59 Å². The number of carbonyl (C=O) groups is 2. The molecule has 30 heavy (non-hydrogen) atoms. The number of ether oxygens (including phenoxy) is 4. The van der Waals surface area contributed by atoms with Crippen molar-refractivity contribution in [3.05, 3.63) is 58.6 Å². The topological polar surface area (TPSA) is 83.1 Å². The largest absolute Gasteiger partial charge is 0.493 e. The van der Waals surface area contributed by atoms with Gasteiger partial charge in [0.25, 0.3) is 5.91 Å². The van der Waals surface area contributed by atoms with Gasteiger partial charge in [0.2, 0.25) is 0 Å². The van der Waals surface area contributed by atoms with Gasteiger partial charge < -0.3 is 24.3 Å². The van der Waals surface area contributed by atoms with Crippen LogP contribution in [0.3, 0.4) is 0 Å². The van der Waals surface area contributed by atoms with Crippen LogP contribution in [0.25, 0.3) is 0 Å². The lowest BCUT2D eigenvalue weighted by Crippen LogP contribution is -2.34. The molecule has 0 radical (unpaired) electrons. The molecule has 1 atom stereocenters. The molecule has 7 nitrogen and oxygen atoms in total. The standard InChI is InChI=1S/C22H24ClNO6/c1-27-20-11-16(6-9-19(20)29-13-15-4-7-17(23)8-5-15)22(26)30-14-21(25)24-12-18-3-2-10-28-18/h4-9,11,18H,2-3,10,12-14H2,1H3,(H,24,25)/t18-/m1/s1. The summed E-state index contributed by atoms with van der Waals surface area (Å²) in [5.74, 6) is -0.113. The van der Waals surface area contributed by atoms with Gasteiger partial charge in [-0.05, 0) is 48.7 Å². The Bertz CT molecular complexity index is 864. The summed E-state index contributed by atoms with van der Waals surface area (Å²) in [5.41, 5.74) is 1.21. The Morgan fingerprint density at radius 3 is 2.67 bits per heavy atom. The van der Waals surface area contributed by atoms with Gasteiger partial charge in [-0.3, -0.25) is 4.79 Å². The SMILES string of the molecule is COc1cc(C(=O)OCC(=O)NC[C@H]2CCCO2)ccc1OCc1ccc(Cl)cc1. The molecule has 2 aromatic carbocycles. The first-order chi connectivity index (χ1) is 14.5. The predicted octanol–water partition coefficient (Wildman–Crippen LogP) is 3.38. The molecule has 0 bridgehead atoms. The maximum absolute atomic E-state index is 12.3. The Kier molecular flexibility index (Phi) is 7.93. The van der Waals surface area contributed by atoms with E-state index in [4.69, 9.17) is 30.5 Å². The van der Waals surface area contributed by atoms with Crippen LogP contribution in [0.4, 0.5) is 0 Å². The van der Waals surface area contributed by atoms with E-state index in [1.165, 1.54) is 13.2 Å². The molecule has 160 valence electrons. The highest BCUT2D eigenvalue weighted by atomic mass is 35.5. The molecule has 0 aromatic heterocycles. The van der Waals surface area contributed by atoms with E-state index < -0.39 is 5.97 Å². The first-order valence-electron chi connectivity index (χ1n) is 9.66. The normalized spacial score (nSPS) is 15.5. The smallest absolute Gasteiger partial charge is 0.338 e. The minimum atomic E-state index is -0.621. The van der Waals surface area contributed by atoms with Crippen molar-refractivity contribution >= 4 is 23.5 Å². The third kappa shape index (κ3) is 6.37. The molecule has 1 fully saturated rings. The summed E-state index contributed by atoms with van der Waals surface area (Å²) < 4.78 is 21.6. The number of hydrogen-bond acceptors (Lipinski definition) is 6. The van der Waals surface area contributed by atoms with Crippen molar-refractivity contribution in [3.8, 4) is 11.5 Å². The zero-order valence-electron chi connectivity index (χ0n) is 16.7. The summed E-state index contributed by atoms with van der Waals surface area (Å²) in [5, 5.41) is 3.36. The highest BCUT2D eigenvalue weighted by molar-refractivity contribution is 6.30. The number of rotatable bonds is 9. The Balaban J connectivity index is 1.50. The lowest BCUT2D eigenvalue weighted by molar-refractivity contribution is -0.124. The van der Waals surface area contributed by atoms with Crippen LogP contribution >= 0.6 is 11.6 Å². The van der Waals surface area contributed by atoms with E-state index >= 15 is 0 Å². The predicted molar refractivity (Wildman–Crippen MR) is 111 cm³/mol. The number of carbonyl (C=O) groups excluding carboxylic acids is 2. The molecular formula is C22H24ClNO6. The van der Waals surface area contributed by atoms with Gasteiger partial charge in [-0.15, -0.1) is 0 Å². The molecular weight excluding hydrogens is 410 g/mol. The van der Waals surface area contributed by atoms with E-state index in [1.54, 1.807) is 24.3 Å². The van der Waals surface area contributed by atoms with Gasteiger partial charge in [-0.25, -0.2) is 4.79 Å². The molecule has 0 saturated carbocycles.